The highest BCUT2D eigenvalue weighted by Gasteiger charge is 2.17. The predicted octanol–water partition coefficient (Wildman–Crippen LogP) is 3.19. The van der Waals surface area contributed by atoms with Crippen molar-refractivity contribution in [2.24, 2.45) is 5.92 Å². The second-order valence-corrected chi connectivity index (χ2v) is 5.05. The summed E-state index contributed by atoms with van der Waals surface area (Å²) >= 11 is 0. The van der Waals surface area contributed by atoms with Crippen molar-refractivity contribution in [1.82, 2.24) is 5.32 Å². The lowest BCUT2D eigenvalue weighted by atomic mass is 9.91. The Labute approximate surface area is 112 Å². The summed E-state index contributed by atoms with van der Waals surface area (Å²) in [6, 6.07) is 9.20. The molecule has 0 aliphatic rings. The van der Waals surface area contributed by atoms with E-state index in [1.165, 1.54) is 11.1 Å². The molecule has 0 saturated heterocycles. The van der Waals surface area contributed by atoms with Gasteiger partial charge in [0.15, 0.2) is 0 Å². The van der Waals surface area contributed by atoms with E-state index in [4.69, 9.17) is 4.74 Å². The van der Waals surface area contributed by atoms with Crippen molar-refractivity contribution >= 4 is 0 Å². The van der Waals surface area contributed by atoms with Gasteiger partial charge in [-0.05, 0) is 43.4 Å². The molecule has 0 aliphatic carbocycles. The fraction of sp³-hybridized carbons (Fsp3) is 0.625. The lowest BCUT2D eigenvalue weighted by Crippen LogP contribution is -2.37. The van der Waals surface area contributed by atoms with Gasteiger partial charge in [-0.1, -0.05) is 38.1 Å². The molecular weight excluding hydrogens is 222 g/mol. The van der Waals surface area contributed by atoms with E-state index < -0.39 is 0 Å². The minimum absolute atomic E-state index is 0.534. The van der Waals surface area contributed by atoms with Crippen LogP contribution >= 0.6 is 0 Å². The largest absolute Gasteiger partial charge is 0.385 e. The third-order valence-electron chi connectivity index (χ3n) is 3.63. The Balaban J connectivity index is 2.64. The smallest absolute Gasteiger partial charge is 0.0465 e. The molecule has 0 radical (unpaired) electrons. The molecule has 18 heavy (non-hydrogen) atoms. The normalized spacial score (nSPS) is 14.4. The summed E-state index contributed by atoms with van der Waals surface area (Å²) in [5, 5.41) is 3.61. The number of rotatable bonds is 8. The lowest BCUT2D eigenvalue weighted by molar-refractivity contribution is 0.170. The van der Waals surface area contributed by atoms with Gasteiger partial charge in [0.1, 0.15) is 0 Å². The molecule has 0 spiro atoms. The molecule has 1 N–H and O–H groups in total. The van der Waals surface area contributed by atoms with Crippen LogP contribution in [0.25, 0.3) is 0 Å². The average molecular weight is 249 g/mol. The van der Waals surface area contributed by atoms with Crippen molar-refractivity contribution in [1.29, 1.82) is 0 Å². The molecule has 0 amide bonds. The molecule has 0 fully saturated rings. The molecule has 1 aromatic carbocycles. The van der Waals surface area contributed by atoms with Gasteiger partial charge in [0.25, 0.3) is 0 Å². The van der Waals surface area contributed by atoms with Crippen LogP contribution in [0.15, 0.2) is 24.3 Å². The van der Waals surface area contributed by atoms with E-state index >= 15 is 0 Å². The first-order valence-electron chi connectivity index (χ1n) is 6.95. The molecule has 1 aromatic rings. The maximum absolute atomic E-state index is 5.19. The molecule has 0 saturated carbocycles. The number of hydrogen-bond acceptors (Lipinski definition) is 2. The monoisotopic (exact) mass is 249 g/mol. The number of aryl methyl sites for hydroxylation is 1. The van der Waals surface area contributed by atoms with Gasteiger partial charge in [-0.2, -0.15) is 0 Å². The fourth-order valence-corrected chi connectivity index (χ4v) is 2.32. The van der Waals surface area contributed by atoms with E-state index in [1.54, 1.807) is 7.11 Å². The summed E-state index contributed by atoms with van der Waals surface area (Å²) in [5.74, 6) is 0.629. The second-order valence-electron chi connectivity index (χ2n) is 5.05. The Kier molecular flexibility index (Phi) is 6.99. The molecule has 2 atom stereocenters. The van der Waals surface area contributed by atoms with Gasteiger partial charge in [-0.25, -0.2) is 0 Å². The van der Waals surface area contributed by atoms with Crippen LogP contribution in [-0.2, 0) is 11.2 Å². The van der Waals surface area contributed by atoms with E-state index in [-0.39, 0.29) is 0 Å². The minimum atomic E-state index is 0.534. The van der Waals surface area contributed by atoms with Gasteiger partial charge in [0.05, 0.1) is 0 Å². The van der Waals surface area contributed by atoms with E-state index in [0.717, 1.165) is 26.0 Å². The second kappa shape index (κ2) is 8.28. The summed E-state index contributed by atoms with van der Waals surface area (Å²) in [7, 11) is 1.77. The zero-order valence-electron chi connectivity index (χ0n) is 12.2. The molecule has 2 heteroatoms. The first-order valence-corrected chi connectivity index (χ1v) is 6.95. The standard InChI is InChI=1S/C16H27NO/c1-5-17-16(14(3)10-11-18-4)12-15-9-7-6-8-13(15)2/h6-9,14,16-17H,5,10-12H2,1-4H3. The zero-order chi connectivity index (χ0) is 13.4. The molecule has 0 aromatic heterocycles. The fourth-order valence-electron chi connectivity index (χ4n) is 2.32. The van der Waals surface area contributed by atoms with Gasteiger partial charge in [-0.15, -0.1) is 0 Å². The first-order chi connectivity index (χ1) is 8.69. The number of benzene rings is 1. The number of ether oxygens (including phenoxy) is 1. The van der Waals surface area contributed by atoms with Crippen molar-refractivity contribution in [3.05, 3.63) is 35.4 Å². The third-order valence-corrected chi connectivity index (χ3v) is 3.63. The molecule has 2 nitrogen and oxygen atoms in total. The highest BCUT2D eigenvalue weighted by molar-refractivity contribution is 5.26. The topological polar surface area (TPSA) is 21.3 Å². The highest BCUT2D eigenvalue weighted by Crippen LogP contribution is 2.16. The molecular formula is C16H27NO. The molecule has 0 bridgehead atoms. The Hall–Kier alpha value is -0.860. The maximum Gasteiger partial charge on any atom is 0.0465 e. The van der Waals surface area contributed by atoms with E-state index in [9.17, 15) is 0 Å². The number of methoxy groups -OCH3 is 1. The van der Waals surface area contributed by atoms with Crippen molar-refractivity contribution in [2.75, 3.05) is 20.3 Å². The molecule has 0 aliphatic heterocycles. The van der Waals surface area contributed by atoms with Crippen molar-refractivity contribution in [3.8, 4) is 0 Å². The van der Waals surface area contributed by atoms with E-state index in [1.807, 2.05) is 0 Å². The number of likely N-dealkylation sites (N-methyl/N-ethyl adjacent to an activating group) is 1. The Morgan fingerprint density at radius 1 is 1.28 bits per heavy atom. The zero-order valence-corrected chi connectivity index (χ0v) is 12.2. The molecule has 2 unspecified atom stereocenters. The van der Waals surface area contributed by atoms with Crippen LogP contribution in [0.5, 0.6) is 0 Å². The summed E-state index contributed by atoms with van der Waals surface area (Å²) < 4.78 is 5.19. The molecule has 0 heterocycles. The van der Waals surface area contributed by atoms with E-state index in [0.29, 0.717) is 12.0 Å². The van der Waals surface area contributed by atoms with Crippen molar-refractivity contribution in [3.63, 3.8) is 0 Å². The summed E-state index contributed by atoms with van der Waals surface area (Å²) in [6.07, 6.45) is 2.21. The lowest BCUT2D eigenvalue weighted by Gasteiger charge is -2.25. The minimum Gasteiger partial charge on any atom is -0.385 e. The van der Waals surface area contributed by atoms with Crippen molar-refractivity contribution < 1.29 is 4.74 Å². The van der Waals surface area contributed by atoms with Crippen LogP contribution in [0.3, 0.4) is 0 Å². The van der Waals surface area contributed by atoms with Crippen LogP contribution < -0.4 is 5.32 Å². The number of nitrogens with one attached hydrogen (secondary N) is 1. The van der Waals surface area contributed by atoms with Crippen LogP contribution in [0.1, 0.15) is 31.4 Å². The van der Waals surface area contributed by atoms with E-state index in [2.05, 4.69) is 50.4 Å². The van der Waals surface area contributed by atoms with Crippen LogP contribution in [0.4, 0.5) is 0 Å². The van der Waals surface area contributed by atoms with Crippen LogP contribution in [0, 0.1) is 12.8 Å². The van der Waals surface area contributed by atoms with Gasteiger partial charge < -0.3 is 10.1 Å². The van der Waals surface area contributed by atoms with Crippen molar-refractivity contribution in [2.45, 2.75) is 39.7 Å². The third kappa shape index (κ3) is 4.79. The number of hydrogen-bond donors (Lipinski definition) is 1. The van der Waals surface area contributed by atoms with Crippen LogP contribution in [-0.4, -0.2) is 26.3 Å². The average Bonchev–Trinajstić information content (AvgIpc) is 2.38. The Bertz CT molecular complexity index is 338. The van der Waals surface area contributed by atoms with Gasteiger partial charge in [-0.3, -0.25) is 0 Å². The van der Waals surface area contributed by atoms with Gasteiger partial charge >= 0.3 is 0 Å². The maximum atomic E-state index is 5.19. The van der Waals surface area contributed by atoms with Gasteiger partial charge in [0, 0.05) is 19.8 Å². The predicted molar refractivity (Wildman–Crippen MR) is 78.0 cm³/mol. The Morgan fingerprint density at radius 2 is 2.00 bits per heavy atom. The highest BCUT2D eigenvalue weighted by atomic mass is 16.5. The summed E-state index contributed by atoms with van der Waals surface area (Å²) in [6.45, 7) is 8.54. The summed E-state index contributed by atoms with van der Waals surface area (Å²) in [5.41, 5.74) is 2.84. The van der Waals surface area contributed by atoms with Crippen LogP contribution in [0.2, 0.25) is 0 Å². The first kappa shape index (κ1) is 15.2. The SMILES string of the molecule is CCNC(Cc1ccccc1C)C(C)CCOC. The quantitative estimate of drug-likeness (QED) is 0.764. The molecule has 1 rings (SSSR count). The van der Waals surface area contributed by atoms with Gasteiger partial charge in [0.2, 0.25) is 0 Å². The Morgan fingerprint density at radius 3 is 2.61 bits per heavy atom. The molecule has 102 valence electrons. The summed E-state index contributed by atoms with van der Waals surface area (Å²) in [4.78, 5) is 0.